The second kappa shape index (κ2) is 5.37. The summed E-state index contributed by atoms with van der Waals surface area (Å²) in [6.45, 7) is 1.28. The monoisotopic (exact) mass is 228 g/mol. The highest BCUT2D eigenvalue weighted by molar-refractivity contribution is 5.46. The van der Waals surface area contributed by atoms with Crippen LogP contribution in [0.5, 0.6) is 5.75 Å². The summed E-state index contributed by atoms with van der Waals surface area (Å²) in [5, 5.41) is 12.5. The van der Waals surface area contributed by atoms with Gasteiger partial charge in [-0.2, -0.15) is 0 Å². The van der Waals surface area contributed by atoms with E-state index in [1.165, 1.54) is 5.56 Å². The fraction of sp³-hybridized carbons (Fsp3) is 0.143. The van der Waals surface area contributed by atoms with Crippen LogP contribution >= 0.6 is 0 Å². The van der Waals surface area contributed by atoms with Gasteiger partial charge in [-0.1, -0.05) is 24.3 Å². The third-order valence-electron chi connectivity index (χ3n) is 2.69. The van der Waals surface area contributed by atoms with Gasteiger partial charge in [-0.3, -0.25) is 0 Å². The molecule has 0 bridgehead atoms. The fourth-order valence-corrected chi connectivity index (χ4v) is 1.71. The van der Waals surface area contributed by atoms with Crippen molar-refractivity contribution in [3.8, 4) is 5.75 Å². The molecule has 2 aromatic carbocycles. The summed E-state index contributed by atoms with van der Waals surface area (Å²) in [5.74, 6) is 0.276. The summed E-state index contributed by atoms with van der Waals surface area (Å²) in [6.07, 6.45) is 0. The van der Waals surface area contributed by atoms with E-state index in [0.717, 1.165) is 17.8 Å². The molecule has 4 N–H and O–H groups in total. The van der Waals surface area contributed by atoms with Gasteiger partial charge in [-0.25, -0.2) is 0 Å². The first-order valence-corrected chi connectivity index (χ1v) is 5.59. The van der Waals surface area contributed by atoms with Crippen LogP contribution in [0.4, 0.5) is 5.69 Å². The number of anilines is 1. The van der Waals surface area contributed by atoms with E-state index in [4.69, 9.17) is 5.73 Å². The van der Waals surface area contributed by atoms with Crippen molar-refractivity contribution in [2.24, 2.45) is 5.73 Å². The van der Waals surface area contributed by atoms with Gasteiger partial charge in [0.25, 0.3) is 0 Å². The van der Waals surface area contributed by atoms with Gasteiger partial charge in [0.2, 0.25) is 0 Å². The highest BCUT2D eigenvalue weighted by Crippen LogP contribution is 2.15. The number of phenolic OH excluding ortho intramolecular Hbond substituents is 1. The predicted octanol–water partition coefficient (Wildman–Crippen LogP) is 2.46. The Kier molecular flexibility index (Phi) is 3.62. The molecule has 0 radical (unpaired) electrons. The lowest BCUT2D eigenvalue weighted by Gasteiger charge is -2.10. The predicted molar refractivity (Wildman–Crippen MR) is 69.8 cm³/mol. The highest BCUT2D eigenvalue weighted by atomic mass is 16.3. The lowest BCUT2D eigenvalue weighted by atomic mass is 10.1. The van der Waals surface area contributed by atoms with Crippen molar-refractivity contribution >= 4 is 5.69 Å². The average molecular weight is 228 g/mol. The second-order valence-electron chi connectivity index (χ2n) is 3.87. The molecule has 0 unspecified atom stereocenters. The zero-order valence-electron chi connectivity index (χ0n) is 9.56. The van der Waals surface area contributed by atoms with Crippen molar-refractivity contribution in [1.29, 1.82) is 0 Å². The molecule has 3 heteroatoms. The summed E-state index contributed by atoms with van der Waals surface area (Å²) in [4.78, 5) is 0. The van der Waals surface area contributed by atoms with E-state index < -0.39 is 0 Å². The molecule has 0 spiro atoms. The maximum absolute atomic E-state index is 9.18. The van der Waals surface area contributed by atoms with Crippen LogP contribution < -0.4 is 11.1 Å². The van der Waals surface area contributed by atoms with Crippen molar-refractivity contribution in [1.82, 2.24) is 0 Å². The maximum Gasteiger partial charge on any atom is 0.115 e. The van der Waals surface area contributed by atoms with Crippen molar-refractivity contribution in [2.45, 2.75) is 13.1 Å². The van der Waals surface area contributed by atoms with Crippen LogP contribution in [0, 0.1) is 0 Å². The Morgan fingerprint density at radius 3 is 2.24 bits per heavy atom. The molecule has 0 heterocycles. The van der Waals surface area contributed by atoms with Crippen LogP contribution in [0.2, 0.25) is 0 Å². The molecule has 2 rings (SSSR count). The lowest BCUT2D eigenvalue weighted by Crippen LogP contribution is -2.06. The van der Waals surface area contributed by atoms with Crippen LogP contribution in [-0.4, -0.2) is 5.11 Å². The van der Waals surface area contributed by atoms with Crippen molar-refractivity contribution < 1.29 is 5.11 Å². The zero-order valence-corrected chi connectivity index (χ0v) is 9.56. The highest BCUT2D eigenvalue weighted by Gasteiger charge is 1.99. The third-order valence-corrected chi connectivity index (χ3v) is 2.69. The average Bonchev–Trinajstić information content (AvgIpc) is 2.38. The largest absolute Gasteiger partial charge is 0.508 e. The molecule has 0 aromatic heterocycles. The van der Waals surface area contributed by atoms with Gasteiger partial charge in [0.05, 0.1) is 0 Å². The molecular formula is C14H16N2O. The van der Waals surface area contributed by atoms with E-state index in [-0.39, 0.29) is 5.75 Å². The summed E-state index contributed by atoms with van der Waals surface area (Å²) in [5.41, 5.74) is 9.01. The number of hydrogen-bond acceptors (Lipinski definition) is 3. The first-order valence-electron chi connectivity index (χ1n) is 5.59. The molecule has 17 heavy (non-hydrogen) atoms. The summed E-state index contributed by atoms with van der Waals surface area (Å²) < 4.78 is 0. The molecule has 88 valence electrons. The van der Waals surface area contributed by atoms with Gasteiger partial charge in [0, 0.05) is 18.8 Å². The fourth-order valence-electron chi connectivity index (χ4n) is 1.71. The quantitative estimate of drug-likeness (QED) is 0.704. The summed E-state index contributed by atoms with van der Waals surface area (Å²) >= 11 is 0. The van der Waals surface area contributed by atoms with Crippen LogP contribution in [0.3, 0.4) is 0 Å². The van der Waals surface area contributed by atoms with Gasteiger partial charge in [0.1, 0.15) is 5.75 Å². The lowest BCUT2D eigenvalue weighted by molar-refractivity contribution is 0.475. The SMILES string of the molecule is NCc1ccccc1CNc1ccc(O)cc1. The van der Waals surface area contributed by atoms with E-state index in [2.05, 4.69) is 11.4 Å². The number of benzene rings is 2. The number of nitrogens with one attached hydrogen (secondary N) is 1. The maximum atomic E-state index is 9.18. The summed E-state index contributed by atoms with van der Waals surface area (Å²) in [7, 11) is 0. The zero-order chi connectivity index (χ0) is 12.1. The smallest absolute Gasteiger partial charge is 0.115 e. The van der Waals surface area contributed by atoms with Crippen LogP contribution in [0.1, 0.15) is 11.1 Å². The Balaban J connectivity index is 2.04. The first kappa shape index (κ1) is 11.5. The molecule has 0 amide bonds. The van der Waals surface area contributed by atoms with Crippen molar-refractivity contribution in [3.05, 3.63) is 59.7 Å². The molecule has 2 aromatic rings. The minimum atomic E-state index is 0.276. The van der Waals surface area contributed by atoms with Gasteiger partial charge in [-0.15, -0.1) is 0 Å². The number of nitrogens with two attached hydrogens (primary N) is 1. The Morgan fingerprint density at radius 2 is 1.59 bits per heavy atom. The van der Waals surface area contributed by atoms with Crippen LogP contribution in [0.15, 0.2) is 48.5 Å². The number of rotatable bonds is 4. The van der Waals surface area contributed by atoms with Crippen LogP contribution in [0.25, 0.3) is 0 Å². The molecule has 0 aliphatic rings. The Morgan fingerprint density at radius 1 is 0.941 bits per heavy atom. The van der Waals surface area contributed by atoms with Gasteiger partial charge in [-0.05, 0) is 35.4 Å². The topological polar surface area (TPSA) is 58.3 Å². The Bertz CT molecular complexity index is 480. The first-order chi connectivity index (χ1) is 8.29. The van der Waals surface area contributed by atoms with Crippen molar-refractivity contribution in [2.75, 3.05) is 5.32 Å². The molecular weight excluding hydrogens is 212 g/mol. The van der Waals surface area contributed by atoms with E-state index >= 15 is 0 Å². The third kappa shape index (κ3) is 2.98. The minimum Gasteiger partial charge on any atom is -0.508 e. The van der Waals surface area contributed by atoms with E-state index in [1.54, 1.807) is 12.1 Å². The molecule has 0 aliphatic carbocycles. The second-order valence-corrected chi connectivity index (χ2v) is 3.87. The summed E-state index contributed by atoms with van der Waals surface area (Å²) in [6, 6.07) is 15.1. The number of hydrogen-bond donors (Lipinski definition) is 3. The van der Waals surface area contributed by atoms with Gasteiger partial charge < -0.3 is 16.2 Å². The standard InChI is InChI=1S/C14H16N2O/c15-9-11-3-1-2-4-12(11)10-16-13-5-7-14(17)8-6-13/h1-8,16-17H,9-10,15H2. The Hall–Kier alpha value is -2.00. The van der Waals surface area contributed by atoms with Crippen LogP contribution in [-0.2, 0) is 13.1 Å². The molecule has 0 fully saturated rings. The minimum absolute atomic E-state index is 0.276. The van der Waals surface area contributed by atoms with E-state index in [0.29, 0.717) is 6.54 Å². The molecule has 3 nitrogen and oxygen atoms in total. The van der Waals surface area contributed by atoms with E-state index in [1.807, 2.05) is 30.3 Å². The normalized spacial score (nSPS) is 10.2. The number of phenols is 1. The molecule has 0 aliphatic heterocycles. The van der Waals surface area contributed by atoms with Crippen molar-refractivity contribution in [3.63, 3.8) is 0 Å². The van der Waals surface area contributed by atoms with Gasteiger partial charge in [0.15, 0.2) is 0 Å². The number of aromatic hydroxyl groups is 1. The molecule has 0 saturated heterocycles. The van der Waals surface area contributed by atoms with E-state index in [9.17, 15) is 5.11 Å². The van der Waals surface area contributed by atoms with Gasteiger partial charge >= 0.3 is 0 Å². The Labute approximate surface area is 101 Å². The molecule has 0 atom stereocenters. The molecule has 0 saturated carbocycles.